The molecule has 0 bridgehead atoms. The second-order valence-corrected chi connectivity index (χ2v) is 5.35. The predicted molar refractivity (Wildman–Crippen MR) is 78.0 cm³/mol. The highest BCUT2D eigenvalue weighted by Crippen LogP contribution is 2.29. The summed E-state index contributed by atoms with van der Waals surface area (Å²) in [6, 6.07) is 13.9. The number of rotatable bonds is 2. The van der Waals surface area contributed by atoms with Gasteiger partial charge in [-0.2, -0.15) is 0 Å². The summed E-state index contributed by atoms with van der Waals surface area (Å²) in [5, 5.41) is 3.57. The van der Waals surface area contributed by atoms with Gasteiger partial charge in [0.2, 0.25) is 0 Å². The summed E-state index contributed by atoms with van der Waals surface area (Å²) in [6.07, 6.45) is 0. The fraction of sp³-hybridized carbons (Fsp3) is 0. The van der Waals surface area contributed by atoms with Crippen LogP contribution in [0.5, 0.6) is 0 Å². The van der Waals surface area contributed by atoms with E-state index in [1.165, 1.54) is 12.1 Å². The van der Waals surface area contributed by atoms with Crippen molar-refractivity contribution in [2.45, 2.75) is 0 Å². The molecule has 3 aromatic rings. The van der Waals surface area contributed by atoms with Gasteiger partial charge in [-0.3, -0.25) is 0 Å². The monoisotopic (exact) mass is 289 g/mol. The maximum atomic E-state index is 12.9. The van der Waals surface area contributed by atoms with Crippen LogP contribution in [-0.4, -0.2) is 4.98 Å². The van der Waals surface area contributed by atoms with Gasteiger partial charge in [0.25, 0.3) is 0 Å². The van der Waals surface area contributed by atoms with Crippen LogP contribution in [0.3, 0.4) is 0 Å². The van der Waals surface area contributed by atoms with E-state index in [-0.39, 0.29) is 5.82 Å². The van der Waals surface area contributed by atoms with Crippen LogP contribution in [0.15, 0.2) is 53.9 Å². The number of halogens is 2. The van der Waals surface area contributed by atoms with Crippen LogP contribution in [0, 0.1) is 5.82 Å². The molecule has 94 valence electrons. The molecular formula is C15H9ClFNS. The lowest BCUT2D eigenvalue weighted by atomic mass is 10.2. The number of hydrogen-bond donors (Lipinski definition) is 0. The third kappa shape index (κ3) is 2.67. The Morgan fingerprint density at radius 2 is 1.53 bits per heavy atom. The summed E-state index contributed by atoms with van der Waals surface area (Å²) in [7, 11) is 0. The average molecular weight is 290 g/mol. The zero-order valence-electron chi connectivity index (χ0n) is 9.81. The van der Waals surface area contributed by atoms with Crippen LogP contribution >= 0.6 is 22.9 Å². The highest BCUT2D eigenvalue weighted by Gasteiger charge is 2.06. The van der Waals surface area contributed by atoms with Crippen LogP contribution in [0.1, 0.15) is 0 Å². The van der Waals surface area contributed by atoms with Crippen molar-refractivity contribution in [1.82, 2.24) is 4.98 Å². The third-order valence-corrected chi connectivity index (χ3v) is 3.88. The summed E-state index contributed by atoms with van der Waals surface area (Å²) < 4.78 is 12.9. The molecule has 0 aliphatic heterocycles. The Hall–Kier alpha value is -1.71. The molecule has 2 aromatic carbocycles. The Morgan fingerprint density at radius 3 is 2.21 bits per heavy atom. The van der Waals surface area contributed by atoms with Crippen molar-refractivity contribution in [3.05, 3.63) is 64.8 Å². The van der Waals surface area contributed by atoms with Gasteiger partial charge in [-0.25, -0.2) is 9.37 Å². The van der Waals surface area contributed by atoms with Crippen molar-refractivity contribution in [3.63, 3.8) is 0 Å². The predicted octanol–water partition coefficient (Wildman–Crippen LogP) is 5.27. The summed E-state index contributed by atoms with van der Waals surface area (Å²) in [5.41, 5.74) is 2.85. The van der Waals surface area contributed by atoms with Crippen LogP contribution < -0.4 is 0 Å². The van der Waals surface area contributed by atoms with Crippen LogP contribution in [0.25, 0.3) is 21.8 Å². The van der Waals surface area contributed by atoms with E-state index in [9.17, 15) is 4.39 Å². The van der Waals surface area contributed by atoms with Gasteiger partial charge in [0.15, 0.2) is 0 Å². The molecule has 0 spiro atoms. The van der Waals surface area contributed by atoms with Gasteiger partial charge in [0.1, 0.15) is 10.8 Å². The third-order valence-electron chi connectivity index (χ3n) is 2.74. The van der Waals surface area contributed by atoms with E-state index in [1.54, 1.807) is 23.5 Å². The van der Waals surface area contributed by atoms with Gasteiger partial charge >= 0.3 is 0 Å². The minimum atomic E-state index is -0.238. The average Bonchev–Trinajstić information content (AvgIpc) is 2.90. The van der Waals surface area contributed by atoms with Crippen molar-refractivity contribution in [1.29, 1.82) is 0 Å². The van der Waals surface area contributed by atoms with E-state index in [1.807, 2.05) is 29.6 Å². The number of thiazole rings is 1. The van der Waals surface area contributed by atoms with Crippen molar-refractivity contribution < 1.29 is 4.39 Å². The maximum Gasteiger partial charge on any atom is 0.124 e. The fourth-order valence-electron chi connectivity index (χ4n) is 1.75. The first-order chi connectivity index (χ1) is 9.22. The lowest BCUT2D eigenvalue weighted by Crippen LogP contribution is -1.80. The van der Waals surface area contributed by atoms with Crippen molar-refractivity contribution in [2.24, 2.45) is 0 Å². The molecule has 0 saturated carbocycles. The second-order valence-electron chi connectivity index (χ2n) is 4.05. The van der Waals surface area contributed by atoms with Crippen molar-refractivity contribution in [2.75, 3.05) is 0 Å². The summed E-state index contributed by atoms with van der Waals surface area (Å²) >= 11 is 7.40. The van der Waals surface area contributed by atoms with E-state index >= 15 is 0 Å². The molecule has 19 heavy (non-hydrogen) atoms. The molecule has 0 amide bonds. The number of nitrogens with zero attached hydrogens (tertiary/aromatic N) is 1. The van der Waals surface area contributed by atoms with Crippen LogP contribution in [-0.2, 0) is 0 Å². The molecule has 0 unspecified atom stereocenters. The van der Waals surface area contributed by atoms with E-state index in [0.29, 0.717) is 5.02 Å². The largest absolute Gasteiger partial charge is 0.236 e. The Balaban J connectivity index is 1.95. The number of aromatic nitrogens is 1. The zero-order valence-corrected chi connectivity index (χ0v) is 11.4. The zero-order chi connectivity index (χ0) is 13.2. The summed E-state index contributed by atoms with van der Waals surface area (Å²) in [5.74, 6) is -0.238. The van der Waals surface area contributed by atoms with Gasteiger partial charge in [-0.15, -0.1) is 11.3 Å². The van der Waals surface area contributed by atoms with Gasteiger partial charge in [-0.1, -0.05) is 23.7 Å². The smallest absolute Gasteiger partial charge is 0.124 e. The molecule has 4 heteroatoms. The van der Waals surface area contributed by atoms with E-state index < -0.39 is 0 Å². The Labute approximate surface area is 119 Å². The highest BCUT2D eigenvalue weighted by atomic mass is 35.5. The molecule has 0 fully saturated rings. The molecule has 0 aliphatic rings. The van der Waals surface area contributed by atoms with Gasteiger partial charge in [0.05, 0.1) is 5.69 Å². The molecule has 3 rings (SSSR count). The molecule has 0 aliphatic carbocycles. The van der Waals surface area contributed by atoms with Gasteiger partial charge in [0, 0.05) is 21.5 Å². The molecule has 0 N–H and O–H groups in total. The molecule has 1 aromatic heterocycles. The van der Waals surface area contributed by atoms with E-state index in [0.717, 1.165) is 21.8 Å². The second kappa shape index (κ2) is 5.11. The summed E-state index contributed by atoms with van der Waals surface area (Å²) in [4.78, 5) is 4.56. The Bertz CT molecular complexity index is 629. The maximum absolute atomic E-state index is 12.9. The van der Waals surface area contributed by atoms with E-state index in [2.05, 4.69) is 4.98 Å². The molecule has 0 radical (unpaired) electrons. The minimum Gasteiger partial charge on any atom is -0.236 e. The molecule has 1 nitrogen and oxygen atoms in total. The summed E-state index contributed by atoms with van der Waals surface area (Å²) in [6.45, 7) is 0. The van der Waals surface area contributed by atoms with Crippen LogP contribution in [0.2, 0.25) is 5.02 Å². The number of benzene rings is 2. The van der Waals surface area contributed by atoms with Crippen molar-refractivity contribution >= 4 is 22.9 Å². The van der Waals surface area contributed by atoms with E-state index in [4.69, 9.17) is 11.6 Å². The first-order valence-electron chi connectivity index (χ1n) is 5.70. The minimum absolute atomic E-state index is 0.238. The standard InChI is InChI=1S/C15H9ClFNS/c16-12-5-1-10(2-6-12)14-9-19-15(18-14)11-3-7-13(17)8-4-11/h1-9H. The molecule has 0 saturated heterocycles. The fourth-order valence-corrected chi connectivity index (χ4v) is 2.71. The van der Waals surface area contributed by atoms with Crippen LogP contribution in [0.4, 0.5) is 4.39 Å². The van der Waals surface area contributed by atoms with Crippen molar-refractivity contribution in [3.8, 4) is 21.8 Å². The lowest BCUT2D eigenvalue weighted by Gasteiger charge is -1.97. The number of hydrogen-bond acceptors (Lipinski definition) is 2. The normalized spacial score (nSPS) is 10.6. The molecule has 0 atom stereocenters. The first-order valence-corrected chi connectivity index (χ1v) is 6.95. The quantitative estimate of drug-likeness (QED) is 0.626. The molecular weight excluding hydrogens is 281 g/mol. The first kappa shape index (κ1) is 12.3. The SMILES string of the molecule is Fc1ccc(-c2nc(-c3ccc(Cl)cc3)cs2)cc1. The molecule has 1 heterocycles. The highest BCUT2D eigenvalue weighted by molar-refractivity contribution is 7.13. The lowest BCUT2D eigenvalue weighted by molar-refractivity contribution is 0.628. The Kier molecular flexibility index (Phi) is 3.32. The Morgan fingerprint density at radius 1 is 0.895 bits per heavy atom. The van der Waals surface area contributed by atoms with Gasteiger partial charge < -0.3 is 0 Å². The van der Waals surface area contributed by atoms with Gasteiger partial charge in [-0.05, 0) is 36.4 Å². The topological polar surface area (TPSA) is 12.9 Å².